The fraction of sp³-hybridized carbons (Fsp3) is 0.133. The zero-order valence-electron chi connectivity index (χ0n) is 11.3. The number of nitrogens with one attached hydrogen (secondary N) is 1. The maximum Gasteiger partial charge on any atom is 0.267 e. The van der Waals surface area contributed by atoms with Gasteiger partial charge in [-0.05, 0) is 30.3 Å². The number of para-hydroxylation sites is 2. The van der Waals surface area contributed by atoms with Gasteiger partial charge in [0.25, 0.3) is 6.43 Å². The standard InChI is InChI=1S/C15H14F2N2O2/c1-9(20)19-12-4-2-3-5-14(12)21-13-7-6-10(18)8-11(13)15(16)17/h2-8,15H,18H2,1H3,(H,19,20). The monoisotopic (exact) mass is 292 g/mol. The Hall–Kier alpha value is -2.63. The Balaban J connectivity index is 2.36. The lowest BCUT2D eigenvalue weighted by Gasteiger charge is -2.14. The van der Waals surface area contributed by atoms with Crippen LogP contribution in [-0.2, 0) is 4.79 Å². The Labute approximate surface area is 120 Å². The number of halogens is 2. The molecule has 3 N–H and O–H groups in total. The first-order valence-electron chi connectivity index (χ1n) is 6.19. The number of carbonyl (C=O) groups excluding carboxylic acids is 1. The van der Waals surface area contributed by atoms with Gasteiger partial charge in [-0.25, -0.2) is 8.78 Å². The maximum atomic E-state index is 13.0. The van der Waals surface area contributed by atoms with Gasteiger partial charge in [-0.3, -0.25) is 4.79 Å². The molecule has 6 heteroatoms. The number of ether oxygens (including phenoxy) is 1. The summed E-state index contributed by atoms with van der Waals surface area (Å²) < 4.78 is 31.5. The van der Waals surface area contributed by atoms with Crippen molar-refractivity contribution in [3.8, 4) is 11.5 Å². The Morgan fingerprint density at radius 2 is 1.90 bits per heavy atom. The molecule has 21 heavy (non-hydrogen) atoms. The molecular weight excluding hydrogens is 278 g/mol. The van der Waals surface area contributed by atoms with Crippen LogP contribution >= 0.6 is 0 Å². The molecule has 2 rings (SSSR count). The summed E-state index contributed by atoms with van der Waals surface area (Å²) in [5, 5.41) is 2.58. The highest BCUT2D eigenvalue weighted by Gasteiger charge is 2.16. The van der Waals surface area contributed by atoms with E-state index in [9.17, 15) is 13.6 Å². The summed E-state index contributed by atoms with van der Waals surface area (Å²) in [5.74, 6) is -0.00573. The van der Waals surface area contributed by atoms with Crippen LogP contribution in [0.2, 0.25) is 0 Å². The molecule has 0 unspecified atom stereocenters. The second-order valence-electron chi connectivity index (χ2n) is 4.38. The molecule has 0 radical (unpaired) electrons. The van der Waals surface area contributed by atoms with Crippen LogP contribution in [0.25, 0.3) is 0 Å². The number of nitrogen functional groups attached to an aromatic ring is 1. The van der Waals surface area contributed by atoms with Crippen LogP contribution in [-0.4, -0.2) is 5.91 Å². The van der Waals surface area contributed by atoms with Gasteiger partial charge in [-0.15, -0.1) is 0 Å². The third-order valence-electron chi connectivity index (χ3n) is 2.69. The smallest absolute Gasteiger partial charge is 0.267 e. The highest BCUT2D eigenvalue weighted by Crippen LogP contribution is 2.36. The van der Waals surface area contributed by atoms with Crippen LogP contribution in [0.1, 0.15) is 18.9 Å². The van der Waals surface area contributed by atoms with Crippen molar-refractivity contribution < 1.29 is 18.3 Å². The van der Waals surface area contributed by atoms with Gasteiger partial charge < -0.3 is 15.8 Å². The van der Waals surface area contributed by atoms with E-state index in [1.165, 1.54) is 25.1 Å². The van der Waals surface area contributed by atoms with Gasteiger partial charge in [0.1, 0.15) is 5.75 Å². The van der Waals surface area contributed by atoms with Crippen LogP contribution in [0.3, 0.4) is 0 Å². The van der Waals surface area contributed by atoms with Crippen LogP contribution in [0, 0.1) is 0 Å². The third kappa shape index (κ3) is 3.68. The number of nitrogens with two attached hydrogens (primary N) is 1. The second kappa shape index (κ2) is 6.21. The van der Waals surface area contributed by atoms with Gasteiger partial charge in [0.05, 0.1) is 11.3 Å². The molecule has 1 amide bonds. The molecule has 2 aromatic rings. The van der Waals surface area contributed by atoms with E-state index in [0.717, 1.165) is 0 Å². The van der Waals surface area contributed by atoms with Crippen LogP contribution in [0.4, 0.5) is 20.2 Å². The number of anilines is 2. The summed E-state index contributed by atoms with van der Waals surface area (Å²) >= 11 is 0. The minimum absolute atomic E-state index is 0.00278. The molecule has 0 aliphatic heterocycles. The number of alkyl halides is 2. The summed E-state index contributed by atoms with van der Waals surface area (Å²) in [6.45, 7) is 1.35. The first-order chi connectivity index (χ1) is 9.97. The highest BCUT2D eigenvalue weighted by molar-refractivity contribution is 5.90. The van der Waals surface area contributed by atoms with Crippen molar-refractivity contribution in [2.45, 2.75) is 13.3 Å². The minimum Gasteiger partial charge on any atom is -0.455 e. The van der Waals surface area contributed by atoms with Gasteiger partial charge in [0.15, 0.2) is 5.75 Å². The molecular formula is C15H14F2N2O2. The van der Waals surface area contributed by atoms with E-state index >= 15 is 0 Å². The molecule has 0 atom stereocenters. The van der Waals surface area contributed by atoms with E-state index < -0.39 is 6.43 Å². The largest absolute Gasteiger partial charge is 0.455 e. The highest BCUT2D eigenvalue weighted by atomic mass is 19.3. The first kappa shape index (κ1) is 14.8. The number of benzene rings is 2. The van der Waals surface area contributed by atoms with E-state index in [4.69, 9.17) is 10.5 Å². The zero-order valence-corrected chi connectivity index (χ0v) is 11.3. The summed E-state index contributed by atoms with van der Waals surface area (Å²) in [5.41, 5.74) is 5.84. The van der Waals surface area contributed by atoms with Gasteiger partial charge >= 0.3 is 0 Å². The lowest BCUT2D eigenvalue weighted by molar-refractivity contribution is -0.114. The maximum absolute atomic E-state index is 13.0. The molecule has 0 saturated heterocycles. The molecule has 0 saturated carbocycles. The molecule has 0 aromatic heterocycles. The van der Waals surface area contributed by atoms with Crippen LogP contribution in [0.5, 0.6) is 11.5 Å². The van der Waals surface area contributed by atoms with Crippen molar-refractivity contribution in [1.29, 1.82) is 0 Å². The minimum atomic E-state index is -2.71. The second-order valence-corrected chi connectivity index (χ2v) is 4.38. The Kier molecular flexibility index (Phi) is 4.37. The van der Waals surface area contributed by atoms with Crippen molar-refractivity contribution in [2.75, 3.05) is 11.1 Å². The van der Waals surface area contributed by atoms with Gasteiger partial charge in [0.2, 0.25) is 5.91 Å². The van der Waals surface area contributed by atoms with Crippen molar-refractivity contribution in [2.24, 2.45) is 0 Å². The fourth-order valence-electron chi connectivity index (χ4n) is 1.80. The van der Waals surface area contributed by atoms with Crippen molar-refractivity contribution in [3.05, 3.63) is 48.0 Å². The molecule has 0 spiro atoms. The predicted octanol–water partition coefficient (Wildman–Crippen LogP) is 3.96. The molecule has 0 aliphatic rings. The van der Waals surface area contributed by atoms with E-state index in [2.05, 4.69) is 5.32 Å². The number of hydrogen-bond donors (Lipinski definition) is 2. The molecule has 0 aliphatic carbocycles. The Morgan fingerprint density at radius 3 is 2.57 bits per heavy atom. The van der Waals surface area contributed by atoms with E-state index in [1.807, 2.05) is 0 Å². The summed E-state index contributed by atoms with van der Waals surface area (Å²) in [7, 11) is 0. The van der Waals surface area contributed by atoms with Gasteiger partial charge in [-0.1, -0.05) is 12.1 Å². The molecule has 0 heterocycles. The number of rotatable bonds is 4. The predicted molar refractivity (Wildman–Crippen MR) is 76.6 cm³/mol. The molecule has 0 fully saturated rings. The SMILES string of the molecule is CC(=O)Nc1ccccc1Oc1ccc(N)cc1C(F)F. The van der Waals surface area contributed by atoms with E-state index in [0.29, 0.717) is 5.69 Å². The molecule has 2 aromatic carbocycles. The fourth-order valence-corrected chi connectivity index (χ4v) is 1.80. The summed E-state index contributed by atoms with van der Waals surface area (Å²) in [6, 6.07) is 10.6. The van der Waals surface area contributed by atoms with Gasteiger partial charge in [-0.2, -0.15) is 0 Å². The van der Waals surface area contributed by atoms with Crippen molar-refractivity contribution in [3.63, 3.8) is 0 Å². The quantitative estimate of drug-likeness (QED) is 0.838. The lowest BCUT2D eigenvalue weighted by Crippen LogP contribution is -2.07. The summed E-state index contributed by atoms with van der Waals surface area (Å²) in [4.78, 5) is 11.1. The average molecular weight is 292 g/mol. The lowest BCUT2D eigenvalue weighted by atomic mass is 10.2. The van der Waals surface area contributed by atoms with Crippen molar-refractivity contribution >= 4 is 17.3 Å². The average Bonchev–Trinajstić information content (AvgIpc) is 2.42. The topological polar surface area (TPSA) is 64.3 Å². The van der Waals surface area contributed by atoms with E-state index in [1.54, 1.807) is 24.3 Å². The number of hydrogen-bond acceptors (Lipinski definition) is 3. The summed E-state index contributed by atoms with van der Waals surface area (Å²) in [6.07, 6.45) is -2.71. The third-order valence-corrected chi connectivity index (χ3v) is 2.69. The Bertz CT molecular complexity index is 660. The van der Waals surface area contributed by atoms with Crippen molar-refractivity contribution in [1.82, 2.24) is 0 Å². The normalized spacial score (nSPS) is 10.5. The van der Waals surface area contributed by atoms with Crippen LogP contribution < -0.4 is 15.8 Å². The Morgan fingerprint density at radius 1 is 1.19 bits per heavy atom. The van der Waals surface area contributed by atoms with Gasteiger partial charge in [0, 0.05) is 12.6 Å². The van der Waals surface area contributed by atoms with E-state index in [-0.39, 0.29) is 28.7 Å². The number of amides is 1. The molecule has 0 bridgehead atoms. The number of carbonyl (C=O) groups is 1. The molecule has 4 nitrogen and oxygen atoms in total. The first-order valence-corrected chi connectivity index (χ1v) is 6.19. The zero-order chi connectivity index (χ0) is 15.4. The molecule has 110 valence electrons. The van der Waals surface area contributed by atoms with Crippen LogP contribution in [0.15, 0.2) is 42.5 Å².